The largest absolute Gasteiger partial charge is 0.497 e. The molecular formula is C19H25N3O3. The predicted molar refractivity (Wildman–Crippen MR) is 94.2 cm³/mol. The Morgan fingerprint density at radius 2 is 2.12 bits per heavy atom. The van der Waals surface area contributed by atoms with Gasteiger partial charge in [0.2, 0.25) is 5.91 Å². The normalized spacial score (nSPS) is 15.2. The number of likely N-dealkylation sites (N-methyl/N-ethyl adjacent to an activating group) is 1. The summed E-state index contributed by atoms with van der Waals surface area (Å²) >= 11 is 0. The summed E-state index contributed by atoms with van der Waals surface area (Å²) in [5, 5.41) is 7.16. The third-order valence-corrected chi connectivity index (χ3v) is 4.41. The molecule has 25 heavy (non-hydrogen) atoms. The second kappa shape index (κ2) is 7.70. The number of carbonyl (C=O) groups excluding carboxylic acids is 1. The first kappa shape index (κ1) is 17.5. The number of benzene rings is 1. The molecule has 6 nitrogen and oxygen atoms in total. The van der Waals surface area contributed by atoms with Gasteiger partial charge in [0, 0.05) is 12.6 Å². The van der Waals surface area contributed by atoms with E-state index in [0.717, 1.165) is 35.6 Å². The average Bonchev–Trinajstić information content (AvgIpc) is 3.35. The number of rotatable bonds is 8. The molecule has 1 aromatic heterocycles. The number of nitrogens with zero attached hydrogens (tertiary/aromatic N) is 2. The number of hydrogen-bond acceptors (Lipinski definition) is 5. The summed E-state index contributed by atoms with van der Waals surface area (Å²) in [6.07, 6.45) is 2.32. The van der Waals surface area contributed by atoms with E-state index in [1.165, 1.54) is 0 Å². The van der Waals surface area contributed by atoms with Crippen molar-refractivity contribution in [2.45, 2.75) is 32.4 Å². The fraction of sp³-hybridized carbons (Fsp3) is 0.474. The van der Waals surface area contributed by atoms with Gasteiger partial charge in [-0.3, -0.25) is 9.69 Å². The number of amides is 1. The van der Waals surface area contributed by atoms with Crippen molar-refractivity contribution in [3.05, 3.63) is 47.3 Å². The minimum absolute atomic E-state index is 0.0236. The molecule has 1 aromatic carbocycles. The van der Waals surface area contributed by atoms with E-state index in [0.29, 0.717) is 19.0 Å². The van der Waals surface area contributed by atoms with E-state index in [-0.39, 0.29) is 11.9 Å². The van der Waals surface area contributed by atoms with Gasteiger partial charge in [0.1, 0.15) is 11.5 Å². The summed E-state index contributed by atoms with van der Waals surface area (Å²) in [5.41, 5.74) is 1.97. The molecule has 1 N–H and O–H groups in total. The Kier molecular flexibility index (Phi) is 5.38. The SMILES string of the molecule is COc1ccc(C(NC(=O)CN(C)Cc2cc(C)on2)C2CC2)cc1. The van der Waals surface area contributed by atoms with Gasteiger partial charge in [-0.1, -0.05) is 17.3 Å². The van der Waals surface area contributed by atoms with Gasteiger partial charge < -0.3 is 14.6 Å². The smallest absolute Gasteiger partial charge is 0.234 e. The van der Waals surface area contributed by atoms with Crippen molar-refractivity contribution in [1.29, 1.82) is 0 Å². The van der Waals surface area contributed by atoms with Gasteiger partial charge in [0.05, 0.1) is 25.4 Å². The molecule has 6 heteroatoms. The lowest BCUT2D eigenvalue weighted by Gasteiger charge is -2.21. The minimum Gasteiger partial charge on any atom is -0.497 e. The summed E-state index contributed by atoms with van der Waals surface area (Å²) in [6, 6.07) is 9.90. The maximum Gasteiger partial charge on any atom is 0.234 e. The van der Waals surface area contributed by atoms with Gasteiger partial charge in [-0.15, -0.1) is 0 Å². The quantitative estimate of drug-likeness (QED) is 0.798. The molecule has 0 aliphatic heterocycles. The highest BCUT2D eigenvalue weighted by molar-refractivity contribution is 5.78. The topological polar surface area (TPSA) is 67.6 Å². The van der Waals surface area contributed by atoms with E-state index in [4.69, 9.17) is 9.26 Å². The lowest BCUT2D eigenvalue weighted by molar-refractivity contribution is -0.123. The highest BCUT2D eigenvalue weighted by atomic mass is 16.5. The molecular weight excluding hydrogens is 318 g/mol. The molecule has 1 heterocycles. The molecule has 1 saturated carbocycles. The molecule has 1 aliphatic rings. The Hall–Kier alpha value is -2.34. The number of ether oxygens (including phenoxy) is 1. The molecule has 1 atom stereocenters. The molecule has 3 rings (SSSR count). The van der Waals surface area contributed by atoms with Crippen LogP contribution >= 0.6 is 0 Å². The predicted octanol–water partition coefficient (Wildman–Crippen LogP) is 2.69. The second-order valence-corrected chi connectivity index (χ2v) is 6.76. The molecule has 2 aromatic rings. The number of aromatic nitrogens is 1. The summed E-state index contributed by atoms with van der Waals surface area (Å²) in [6.45, 7) is 2.77. The van der Waals surface area contributed by atoms with Gasteiger partial charge in [0.25, 0.3) is 0 Å². The summed E-state index contributed by atoms with van der Waals surface area (Å²) in [7, 11) is 3.56. The van der Waals surface area contributed by atoms with Crippen LogP contribution in [0.3, 0.4) is 0 Å². The highest BCUT2D eigenvalue weighted by Crippen LogP contribution is 2.41. The van der Waals surface area contributed by atoms with E-state index >= 15 is 0 Å². The van der Waals surface area contributed by atoms with Crippen LogP contribution in [0.5, 0.6) is 5.75 Å². The molecule has 0 bridgehead atoms. The van der Waals surface area contributed by atoms with Crippen LogP contribution in [0.15, 0.2) is 34.9 Å². The average molecular weight is 343 g/mol. The van der Waals surface area contributed by atoms with Crippen molar-refractivity contribution in [3.63, 3.8) is 0 Å². The first-order valence-corrected chi connectivity index (χ1v) is 8.59. The van der Waals surface area contributed by atoms with Gasteiger partial charge in [0.15, 0.2) is 0 Å². The monoisotopic (exact) mass is 343 g/mol. The van der Waals surface area contributed by atoms with Crippen molar-refractivity contribution in [2.75, 3.05) is 20.7 Å². The van der Waals surface area contributed by atoms with Crippen molar-refractivity contribution in [2.24, 2.45) is 5.92 Å². The van der Waals surface area contributed by atoms with Crippen LogP contribution in [-0.4, -0.2) is 36.7 Å². The van der Waals surface area contributed by atoms with E-state index in [1.807, 2.05) is 49.2 Å². The third-order valence-electron chi connectivity index (χ3n) is 4.41. The van der Waals surface area contributed by atoms with E-state index in [1.54, 1.807) is 7.11 Å². The third kappa shape index (κ3) is 4.82. The number of hydrogen-bond donors (Lipinski definition) is 1. The molecule has 134 valence electrons. The number of carbonyl (C=O) groups is 1. The Labute approximate surface area is 148 Å². The summed E-state index contributed by atoms with van der Waals surface area (Å²) < 4.78 is 10.3. The molecule has 1 fully saturated rings. The number of nitrogens with one attached hydrogen (secondary N) is 1. The van der Waals surface area contributed by atoms with Gasteiger partial charge in [-0.05, 0) is 50.4 Å². The van der Waals surface area contributed by atoms with Crippen molar-refractivity contribution >= 4 is 5.91 Å². The van der Waals surface area contributed by atoms with Crippen LogP contribution in [0, 0.1) is 12.8 Å². The van der Waals surface area contributed by atoms with Crippen LogP contribution in [0.2, 0.25) is 0 Å². The molecule has 1 amide bonds. The lowest BCUT2D eigenvalue weighted by atomic mass is 10.0. The number of methoxy groups -OCH3 is 1. The van der Waals surface area contributed by atoms with Crippen LogP contribution in [0.4, 0.5) is 0 Å². The van der Waals surface area contributed by atoms with Crippen molar-refractivity contribution in [1.82, 2.24) is 15.4 Å². The highest BCUT2D eigenvalue weighted by Gasteiger charge is 2.33. The zero-order valence-electron chi connectivity index (χ0n) is 15.0. The Morgan fingerprint density at radius 1 is 1.40 bits per heavy atom. The van der Waals surface area contributed by atoms with E-state index < -0.39 is 0 Å². The van der Waals surface area contributed by atoms with Crippen LogP contribution in [0.1, 0.15) is 35.9 Å². The standard InChI is InChI=1S/C19H25N3O3/c1-13-10-16(21-25-13)11-22(2)12-18(23)20-19(14-4-5-14)15-6-8-17(24-3)9-7-15/h6-10,14,19H,4-5,11-12H2,1-3H3,(H,20,23). The summed E-state index contributed by atoms with van der Waals surface area (Å²) in [4.78, 5) is 14.4. The second-order valence-electron chi connectivity index (χ2n) is 6.76. The molecule has 1 aliphatic carbocycles. The Bertz CT molecular complexity index is 707. The van der Waals surface area contributed by atoms with Gasteiger partial charge >= 0.3 is 0 Å². The zero-order chi connectivity index (χ0) is 17.8. The molecule has 0 radical (unpaired) electrons. The Balaban J connectivity index is 1.57. The van der Waals surface area contributed by atoms with E-state index in [2.05, 4.69) is 10.5 Å². The first-order valence-electron chi connectivity index (χ1n) is 8.59. The number of aryl methyl sites for hydroxylation is 1. The van der Waals surface area contributed by atoms with Crippen molar-refractivity contribution in [3.8, 4) is 5.75 Å². The lowest BCUT2D eigenvalue weighted by Crippen LogP contribution is -2.37. The van der Waals surface area contributed by atoms with Gasteiger partial charge in [-0.25, -0.2) is 0 Å². The fourth-order valence-electron chi connectivity index (χ4n) is 3.00. The maximum absolute atomic E-state index is 12.5. The maximum atomic E-state index is 12.5. The Morgan fingerprint density at radius 3 is 2.68 bits per heavy atom. The van der Waals surface area contributed by atoms with E-state index in [9.17, 15) is 4.79 Å². The molecule has 0 spiro atoms. The first-order chi connectivity index (χ1) is 12.0. The van der Waals surface area contributed by atoms with Crippen LogP contribution in [0.25, 0.3) is 0 Å². The molecule has 0 saturated heterocycles. The fourth-order valence-corrected chi connectivity index (χ4v) is 3.00. The van der Waals surface area contributed by atoms with Crippen LogP contribution < -0.4 is 10.1 Å². The van der Waals surface area contributed by atoms with Crippen LogP contribution in [-0.2, 0) is 11.3 Å². The summed E-state index contributed by atoms with van der Waals surface area (Å²) in [5.74, 6) is 2.16. The molecule has 1 unspecified atom stereocenters. The minimum atomic E-state index is 0.0236. The zero-order valence-corrected chi connectivity index (χ0v) is 15.0. The van der Waals surface area contributed by atoms with Gasteiger partial charge in [-0.2, -0.15) is 0 Å². The van der Waals surface area contributed by atoms with Crippen molar-refractivity contribution < 1.29 is 14.1 Å².